The molecule has 0 bridgehead atoms. The van der Waals surface area contributed by atoms with Gasteiger partial charge < -0.3 is 103 Å². The molecule has 4 rings (SSSR count). The Labute approximate surface area is 408 Å². The average molecular weight is 1010 g/mol. The third-order valence-electron chi connectivity index (χ3n) is 11.5. The molecule has 2 fully saturated rings. The van der Waals surface area contributed by atoms with Crippen LogP contribution >= 0.6 is 0 Å². The van der Waals surface area contributed by atoms with Gasteiger partial charge in [0.2, 0.25) is 35.4 Å². The van der Waals surface area contributed by atoms with Gasteiger partial charge in [-0.2, -0.15) is 0 Å². The molecule has 26 nitrogen and oxygen atoms in total. The summed E-state index contributed by atoms with van der Waals surface area (Å²) in [4.78, 5) is 79.8. The van der Waals surface area contributed by atoms with Crippen molar-refractivity contribution < 1.29 is 93.7 Å². The van der Waals surface area contributed by atoms with Crippen LogP contribution in [0.5, 0.6) is 5.75 Å². The number of nitrogens with two attached hydrogens (primary N) is 2. The van der Waals surface area contributed by atoms with Crippen LogP contribution in [0.15, 0.2) is 54.6 Å². The highest BCUT2D eigenvalue weighted by Gasteiger charge is 2.48. The lowest BCUT2D eigenvalue weighted by Gasteiger charge is -2.42. The molecule has 2 aliphatic rings. The minimum absolute atomic E-state index is 0.00959. The predicted octanol–water partition coefficient (Wildman–Crippen LogP) is -6.89. The zero-order valence-electron chi connectivity index (χ0n) is 39.2. The number of primary amides is 1. The lowest BCUT2D eigenvalue weighted by molar-refractivity contribution is -0.331. The first-order valence-electron chi connectivity index (χ1n) is 22.8. The van der Waals surface area contributed by atoms with E-state index >= 15 is 0 Å². The lowest BCUT2D eigenvalue weighted by atomic mass is 9.98. The molecule has 0 saturated carbocycles. The van der Waals surface area contributed by atoms with Crippen LogP contribution in [-0.4, -0.2) is 205 Å². The molecule has 2 aliphatic heterocycles. The molecule has 71 heavy (non-hydrogen) atoms. The molecule has 2 aromatic carbocycles. The summed E-state index contributed by atoms with van der Waals surface area (Å²) in [6.07, 6.45) is -18.8. The molecular weight excluding hydrogens is 943 g/mol. The summed E-state index contributed by atoms with van der Waals surface area (Å²) in [6.45, 7) is 1.75. The molecule has 2 aromatic rings. The van der Waals surface area contributed by atoms with Crippen molar-refractivity contribution in [2.45, 2.75) is 138 Å². The van der Waals surface area contributed by atoms with Crippen molar-refractivity contribution in [3.8, 4) is 5.75 Å². The molecule has 2 heterocycles. The molecular formula is C45H67N7O19. The summed E-state index contributed by atoms with van der Waals surface area (Å²) in [5, 5.41) is 104. The van der Waals surface area contributed by atoms with Crippen LogP contribution in [0.25, 0.3) is 0 Å². The summed E-state index contributed by atoms with van der Waals surface area (Å²) in [5.74, 6) is -5.80. The van der Waals surface area contributed by atoms with E-state index in [0.29, 0.717) is 11.1 Å². The first kappa shape index (κ1) is 58.1. The second-order valence-corrected chi connectivity index (χ2v) is 17.8. The highest BCUT2D eigenvalue weighted by Crippen LogP contribution is 2.26. The number of phenols is 1. The topological polar surface area (TPSA) is 434 Å². The van der Waals surface area contributed by atoms with Crippen molar-refractivity contribution >= 4 is 35.4 Å². The summed E-state index contributed by atoms with van der Waals surface area (Å²) < 4.78 is 21.8. The fourth-order valence-electron chi connectivity index (χ4n) is 7.45. The second kappa shape index (κ2) is 27.4. The van der Waals surface area contributed by atoms with Gasteiger partial charge in [0, 0.05) is 6.42 Å². The smallest absolute Gasteiger partial charge is 0.245 e. The van der Waals surface area contributed by atoms with Crippen LogP contribution in [0.4, 0.5) is 0 Å². The summed E-state index contributed by atoms with van der Waals surface area (Å²) in [6, 6.07) is 7.29. The summed E-state index contributed by atoms with van der Waals surface area (Å²) in [5.41, 5.74) is 12.8. The normalized spacial score (nSPS) is 26.9. The van der Waals surface area contributed by atoms with Crippen molar-refractivity contribution in [3.63, 3.8) is 0 Å². The number of carbonyl (C=O) groups is 6. The number of ether oxygens (including phenoxy) is 4. The van der Waals surface area contributed by atoms with Crippen LogP contribution in [0, 0.1) is 5.92 Å². The van der Waals surface area contributed by atoms with Gasteiger partial charge in [-0.25, -0.2) is 0 Å². The van der Waals surface area contributed by atoms with Gasteiger partial charge in [0.1, 0.15) is 78.7 Å². The Kier molecular flexibility index (Phi) is 22.4. The molecule has 0 spiro atoms. The van der Waals surface area contributed by atoms with E-state index in [2.05, 4.69) is 26.6 Å². The molecule has 26 heteroatoms. The van der Waals surface area contributed by atoms with Gasteiger partial charge in [0.05, 0.1) is 38.5 Å². The largest absolute Gasteiger partial charge is 0.508 e. The van der Waals surface area contributed by atoms with E-state index in [0.717, 1.165) is 0 Å². The van der Waals surface area contributed by atoms with Crippen molar-refractivity contribution in [2.75, 3.05) is 26.4 Å². The third-order valence-corrected chi connectivity index (χ3v) is 11.5. The van der Waals surface area contributed by atoms with Crippen molar-refractivity contribution in [3.05, 3.63) is 65.7 Å². The molecule has 0 aliphatic carbocycles. The number of aromatic hydroxyl groups is 1. The van der Waals surface area contributed by atoms with Gasteiger partial charge >= 0.3 is 0 Å². The number of benzene rings is 2. The lowest BCUT2D eigenvalue weighted by Crippen LogP contribution is -2.62. The molecule has 0 aromatic heterocycles. The first-order chi connectivity index (χ1) is 33.5. The first-order valence-corrected chi connectivity index (χ1v) is 22.8. The number of aliphatic hydroxyl groups is 8. The zero-order chi connectivity index (χ0) is 52.7. The highest BCUT2D eigenvalue weighted by molar-refractivity contribution is 5.95. The van der Waals surface area contributed by atoms with E-state index < -0.39 is 160 Å². The highest BCUT2D eigenvalue weighted by atomic mass is 16.7. The number of nitrogens with one attached hydrogen (secondary N) is 5. The van der Waals surface area contributed by atoms with Crippen LogP contribution in [0.1, 0.15) is 38.3 Å². The van der Waals surface area contributed by atoms with Crippen LogP contribution in [-0.2, 0) is 60.6 Å². The van der Waals surface area contributed by atoms with E-state index in [1.807, 2.05) is 0 Å². The summed E-state index contributed by atoms with van der Waals surface area (Å²) >= 11 is 0. The molecule has 16 atom stereocenters. The van der Waals surface area contributed by atoms with Crippen molar-refractivity contribution in [1.82, 2.24) is 26.6 Å². The fraction of sp³-hybridized carbons (Fsp3) is 0.600. The van der Waals surface area contributed by atoms with Gasteiger partial charge in [-0.05, 0) is 48.9 Å². The molecule has 396 valence electrons. The molecule has 6 amide bonds. The number of phenolic OH excluding ortho intramolecular Hbond substituents is 1. The third kappa shape index (κ3) is 17.1. The number of hydrogen-bond acceptors (Lipinski definition) is 20. The zero-order valence-corrected chi connectivity index (χ0v) is 39.2. The van der Waals surface area contributed by atoms with Crippen LogP contribution < -0.4 is 38.1 Å². The van der Waals surface area contributed by atoms with E-state index in [1.165, 1.54) is 19.1 Å². The Morgan fingerprint density at radius 2 is 1.20 bits per heavy atom. The van der Waals surface area contributed by atoms with E-state index in [1.54, 1.807) is 56.3 Å². The minimum Gasteiger partial charge on any atom is -0.508 e. The molecule has 0 unspecified atom stereocenters. The average Bonchev–Trinajstić information content (AvgIpc) is 3.32. The number of aliphatic hydroxyl groups excluding tert-OH is 8. The Morgan fingerprint density at radius 1 is 0.648 bits per heavy atom. The van der Waals surface area contributed by atoms with E-state index in [9.17, 15) is 74.7 Å². The maximum Gasteiger partial charge on any atom is 0.245 e. The Bertz CT molecular complexity index is 2050. The van der Waals surface area contributed by atoms with Crippen LogP contribution in [0.3, 0.4) is 0 Å². The van der Waals surface area contributed by atoms with E-state index in [-0.39, 0.29) is 30.9 Å². The monoisotopic (exact) mass is 1010 g/mol. The van der Waals surface area contributed by atoms with Crippen molar-refractivity contribution in [2.24, 2.45) is 17.4 Å². The molecule has 2 saturated heterocycles. The number of rotatable bonds is 25. The minimum atomic E-state index is -1.94. The SMILES string of the molecule is CC(C)C[C@H](NC(=O)[C@H](Cc1ccccc1)NC(=O)CNC(=O)[C@H](NC(=O)[C@@H](N)Cc1ccc(O)cc1)[C@@H](C)O)C(=O)N[C@@H](CO[C@@H]1O[C@H](CO[C@H]2O[C@H](CO)[C@H](O)[C@H](O)[C@H]2O)[C@@H](O)[C@H](O)[C@H]1O)C(N)=O. The standard InChI is InChI=1S/C45H67N7O19/c1-20(2)13-26(41(65)51-28(39(47)63)18-68-44-38(62)36(60)34(58)30(71-44)19-69-45-37(61)35(59)33(57)29(17-53)70-45)50-42(66)27(15-22-7-5-4-6-8-22)49-31(56)16-48-43(67)32(21(3)54)52-40(64)25(46)14-23-9-11-24(55)12-10-23/h4-12,20-21,25-30,32-38,44-45,53-55,57-62H,13-19,46H2,1-3H3,(H2,47,63)(H,48,67)(H,49,56)(H,50,66)(H,51,65)(H,52,64)/t21-,25+,26+,27+,28+,29-,30-,32-,33+,34-,35+,36+,37-,38-,44-,45+/m1/s1. The van der Waals surface area contributed by atoms with Gasteiger partial charge in [0.15, 0.2) is 12.6 Å². The maximum absolute atomic E-state index is 14.0. The Hall–Kier alpha value is -5.46. The fourth-order valence-corrected chi connectivity index (χ4v) is 7.45. The molecule has 0 radical (unpaired) electrons. The quantitative estimate of drug-likeness (QED) is 0.0439. The van der Waals surface area contributed by atoms with Gasteiger partial charge in [-0.15, -0.1) is 0 Å². The second-order valence-electron chi connectivity index (χ2n) is 17.8. The van der Waals surface area contributed by atoms with E-state index in [4.69, 9.17) is 30.4 Å². The van der Waals surface area contributed by atoms with Gasteiger partial charge in [-0.3, -0.25) is 28.8 Å². The Balaban J connectivity index is 1.39. The number of carbonyl (C=O) groups excluding carboxylic acids is 6. The number of amides is 6. The predicted molar refractivity (Wildman–Crippen MR) is 243 cm³/mol. The van der Waals surface area contributed by atoms with Crippen molar-refractivity contribution in [1.29, 1.82) is 0 Å². The maximum atomic E-state index is 14.0. The summed E-state index contributed by atoms with van der Waals surface area (Å²) in [7, 11) is 0. The number of hydrogen-bond donors (Lipinski definition) is 16. The molecule has 18 N–H and O–H groups in total. The van der Waals surface area contributed by atoms with Gasteiger partial charge in [0.25, 0.3) is 0 Å². The Morgan fingerprint density at radius 3 is 1.77 bits per heavy atom. The van der Waals surface area contributed by atoms with Gasteiger partial charge in [-0.1, -0.05) is 56.3 Å². The van der Waals surface area contributed by atoms with Crippen LogP contribution in [0.2, 0.25) is 0 Å².